The average molecular weight is 291 g/mol. The first-order valence-corrected chi connectivity index (χ1v) is 7.19. The molecule has 0 aliphatic carbocycles. The van der Waals surface area contributed by atoms with Crippen molar-refractivity contribution in [3.8, 4) is 0 Å². The smallest absolute Gasteiger partial charge is 0.305 e. The second-order valence-corrected chi connectivity index (χ2v) is 5.25. The highest BCUT2D eigenvalue weighted by molar-refractivity contribution is 5.86. The van der Waals surface area contributed by atoms with Gasteiger partial charge < -0.3 is 14.7 Å². The van der Waals surface area contributed by atoms with Crippen molar-refractivity contribution in [1.82, 2.24) is 4.90 Å². The van der Waals surface area contributed by atoms with E-state index in [2.05, 4.69) is 4.74 Å². The Balaban J connectivity index is 2.00. The van der Waals surface area contributed by atoms with Crippen LogP contribution in [0, 0.1) is 5.92 Å². The van der Waals surface area contributed by atoms with Crippen LogP contribution in [0.25, 0.3) is 0 Å². The first-order chi connectivity index (χ1) is 10.2. The Morgan fingerprint density at radius 3 is 2.62 bits per heavy atom. The summed E-state index contributed by atoms with van der Waals surface area (Å²) in [5.74, 6) is -0.386. The van der Waals surface area contributed by atoms with Crippen LogP contribution >= 0.6 is 0 Å². The molecule has 1 heterocycles. The van der Waals surface area contributed by atoms with Crippen LogP contribution in [-0.2, 0) is 20.9 Å². The lowest BCUT2D eigenvalue weighted by Crippen LogP contribution is -2.60. The number of carbonyl (C=O) groups excluding carboxylic acids is 2. The maximum Gasteiger partial charge on any atom is 0.305 e. The van der Waals surface area contributed by atoms with Crippen LogP contribution < -0.4 is 0 Å². The molecule has 1 aliphatic rings. The Morgan fingerprint density at radius 2 is 2.00 bits per heavy atom. The minimum atomic E-state index is -0.267. The number of methoxy groups -OCH3 is 1. The molecule has 2 rings (SSSR count). The third kappa shape index (κ3) is 3.61. The van der Waals surface area contributed by atoms with Crippen molar-refractivity contribution >= 4 is 11.9 Å². The van der Waals surface area contributed by atoms with Gasteiger partial charge in [0.15, 0.2) is 0 Å². The van der Waals surface area contributed by atoms with Crippen LogP contribution in [0.3, 0.4) is 0 Å². The number of ether oxygens (including phenoxy) is 1. The zero-order valence-corrected chi connectivity index (χ0v) is 12.2. The second-order valence-electron chi connectivity index (χ2n) is 5.25. The molecule has 0 aromatic heterocycles. The molecule has 114 valence electrons. The number of aliphatic hydroxyl groups is 1. The highest BCUT2D eigenvalue weighted by Crippen LogP contribution is 2.34. The van der Waals surface area contributed by atoms with Crippen molar-refractivity contribution in [2.45, 2.75) is 31.8 Å². The number of benzene rings is 1. The summed E-state index contributed by atoms with van der Waals surface area (Å²) in [6.07, 6.45) is 1.33. The summed E-state index contributed by atoms with van der Waals surface area (Å²) < 4.78 is 4.65. The highest BCUT2D eigenvalue weighted by Gasteiger charge is 2.46. The van der Waals surface area contributed by atoms with E-state index >= 15 is 0 Å². The van der Waals surface area contributed by atoms with Gasteiger partial charge in [-0.15, -0.1) is 0 Å². The molecule has 5 heteroatoms. The summed E-state index contributed by atoms with van der Waals surface area (Å²) in [4.78, 5) is 25.3. The number of carbonyl (C=O) groups is 2. The van der Waals surface area contributed by atoms with Crippen molar-refractivity contribution in [3.05, 3.63) is 35.9 Å². The summed E-state index contributed by atoms with van der Waals surface area (Å²) in [5, 5.41) is 9.07. The fourth-order valence-corrected chi connectivity index (χ4v) is 2.83. The van der Waals surface area contributed by atoms with E-state index in [9.17, 15) is 9.59 Å². The van der Waals surface area contributed by atoms with Crippen molar-refractivity contribution in [1.29, 1.82) is 0 Å². The maximum absolute atomic E-state index is 12.2. The normalized spacial score (nSPS) is 21.0. The summed E-state index contributed by atoms with van der Waals surface area (Å²) in [5.41, 5.74) is 1.07. The number of esters is 1. The van der Waals surface area contributed by atoms with Gasteiger partial charge >= 0.3 is 5.97 Å². The molecule has 1 amide bonds. The second kappa shape index (κ2) is 7.22. The molecule has 21 heavy (non-hydrogen) atoms. The van der Waals surface area contributed by atoms with E-state index in [0.717, 1.165) is 5.56 Å². The van der Waals surface area contributed by atoms with Gasteiger partial charge in [0.05, 0.1) is 13.0 Å². The van der Waals surface area contributed by atoms with E-state index in [4.69, 9.17) is 5.11 Å². The van der Waals surface area contributed by atoms with Gasteiger partial charge in [-0.05, 0) is 18.4 Å². The molecule has 1 aromatic rings. The van der Waals surface area contributed by atoms with Crippen molar-refractivity contribution in [2.75, 3.05) is 13.7 Å². The predicted molar refractivity (Wildman–Crippen MR) is 77.2 cm³/mol. The minimum absolute atomic E-state index is 0.00366. The zero-order chi connectivity index (χ0) is 15.2. The monoisotopic (exact) mass is 291 g/mol. The molecule has 1 aromatic carbocycles. The summed E-state index contributed by atoms with van der Waals surface area (Å²) >= 11 is 0. The fraction of sp³-hybridized carbons (Fsp3) is 0.500. The molecule has 1 saturated heterocycles. The Labute approximate surface area is 124 Å². The quantitative estimate of drug-likeness (QED) is 0.608. The third-order valence-electron chi connectivity index (χ3n) is 3.97. The summed E-state index contributed by atoms with van der Waals surface area (Å²) in [6, 6.07) is 9.77. The third-order valence-corrected chi connectivity index (χ3v) is 3.97. The number of amides is 1. The van der Waals surface area contributed by atoms with Crippen molar-refractivity contribution < 1.29 is 19.4 Å². The lowest BCUT2D eigenvalue weighted by Gasteiger charge is -2.47. The van der Waals surface area contributed by atoms with Crippen LogP contribution in [0.2, 0.25) is 0 Å². The molecular formula is C16H21NO4. The SMILES string of the molecule is COC(=O)CCC1C(CCO)C(=O)N1Cc1ccccc1. The minimum Gasteiger partial charge on any atom is -0.469 e. The number of rotatable bonds is 7. The van der Waals surface area contributed by atoms with Crippen LogP contribution in [0.5, 0.6) is 0 Å². The molecule has 1 N–H and O–H groups in total. The standard InChI is InChI=1S/C16H21NO4/c1-21-15(19)8-7-14-13(9-10-18)16(20)17(14)11-12-5-3-2-4-6-12/h2-6,13-14,18H,7-11H2,1H3. The van der Waals surface area contributed by atoms with Gasteiger partial charge in [-0.3, -0.25) is 9.59 Å². The number of nitrogens with zero attached hydrogens (tertiary/aromatic N) is 1. The number of hydrogen-bond donors (Lipinski definition) is 1. The van der Waals surface area contributed by atoms with Gasteiger partial charge in [0.25, 0.3) is 0 Å². The molecular weight excluding hydrogens is 270 g/mol. The lowest BCUT2D eigenvalue weighted by molar-refractivity contribution is -0.160. The molecule has 0 bridgehead atoms. The summed E-state index contributed by atoms with van der Waals surface area (Å²) in [6.45, 7) is 0.539. The Morgan fingerprint density at radius 1 is 1.29 bits per heavy atom. The van der Waals surface area contributed by atoms with Crippen molar-refractivity contribution in [2.24, 2.45) is 5.92 Å². The van der Waals surface area contributed by atoms with Crippen LogP contribution in [-0.4, -0.2) is 41.6 Å². The van der Waals surface area contributed by atoms with Gasteiger partial charge in [0, 0.05) is 25.6 Å². The number of aliphatic hydroxyl groups excluding tert-OH is 1. The predicted octanol–water partition coefficient (Wildman–Crippen LogP) is 1.35. The van der Waals surface area contributed by atoms with E-state index in [1.54, 1.807) is 4.90 Å². The molecule has 1 aliphatic heterocycles. The van der Waals surface area contributed by atoms with Gasteiger partial charge in [0.2, 0.25) is 5.91 Å². The van der Waals surface area contributed by atoms with E-state index < -0.39 is 0 Å². The van der Waals surface area contributed by atoms with Crippen LogP contribution in [0.4, 0.5) is 0 Å². The Hall–Kier alpha value is -1.88. The Bertz CT molecular complexity index is 488. The maximum atomic E-state index is 12.2. The molecule has 2 unspecified atom stereocenters. The first kappa shape index (κ1) is 15.5. The van der Waals surface area contributed by atoms with E-state index in [1.165, 1.54) is 7.11 Å². The molecule has 0 saturated carbocycles. The van der Waals surface area contributed by atoms with Gasteiger partial charge in [-0.25, -0.2) is 0 Å². The fourth-order valence-electron chi connectivity index (χ4n) is 2.83. The average Bonchev–Trinajstić information content (AvgIpc) is 2.53. The first-order valence-electron chi connectivity index (χ1n) is 7.19. The largest absolute Gasteiger partial charge is 0.469 e. The van der Waals surface area contributed by atoms with E-state index in [1.807, 2.05) is 30.3 Å². The zero-order valence-electron chi connectivity index (χ0n) is 12.2. The van der Waals surface area contributed by atoms with Crippen LogP contribution in [0.1, 0.15) is 24.8 Å². The molecule has 2 atom stereocenters. The number of likely N-dealkylation sites (tertiary alicyclic amines) is 1. The summed E-state index contributed by atoms with van der Waals surface area (Å²) in [7, 11) is 1.36. The molecule has 1 fully saturated rings. The van der Waals surface area contributed by atoms with E-state index in [-0.39, 0.29) is 30.4 Å². The molecule has 0 spiro atoms. The number of β-lactam (4-membered cyclic amide) rings is 1. The topological polar surface area (TPSA) is 66.8 Å². The molecule has 0 radical (unpaired) electrons. The van der Waals surface area contributed by atoms with Gasteiger partial charge in [-0.1, -0.05) is 30.3 Å². The number of hydrogen-bond acceptors (Lipinski definition) is 4. The van der Waals surface area contributed by atoms with Gasteiger partial charge in [-0.2, -0.15) is 0 Å². The van der Waals surface area contributed by atoms with Crippen molar-refractivity contribution in [3.63, 3.8) is 0 Å². The molecule has 5 nitrogen and oxygen atoms in total. The van der Waals surface area contributed by atoms with Gasteiger partial charge in [0.1, 0.15) is 0 Å². The highest BCUT2D eigenvalue weighted by atomic mass is 16.5. The van der Waals surface area contributed by atoms with Crippen LogP contribution in [0.15, 0.2) is 30.3 Å². The Kier molecular flexibility index (Phi) is 5.33. The lowest BCUT2D eigenvalue weighted by atomic mass is 9.81. The van der Waals surface area contributed by atoms with E-state index in [0.29, 0.717) is 25.8 Å².